The van der Waals surface area contributed by atoms with E-state index in [4.69, 9.17) is 0 Å². The molecule has 0 heterocycles. The molecular formula is C10H21N. The lowest BCUT2D eigenvalue weighted by Crippen LogP contribution is -2.30. The van der Waals surface area contributed by atoms with Crippen molar-refractivity contribution in [3.8, 4) is 0 Å². The van der Waals surface area contributed by atoms with E-state index in [2.05, 4.69) is 19.2 Å². The molecule has 0 radical (unpaired) electrons. The molecule has 1 fully saturated rings. The van der Waals surface area contributed by atoms with Gasteiger partial charge in [-0.2, -0.15) is 0 Å². The van der Waals surface area contributed by atoms with Gasteiger partial charge in [-0.15, -0.1) is 0 Å². The van der Waals surface area contributed by atoms with Crippen molar-refractivity contribution in [2.24, 2.45) is 0 Å². The monoisotopic (exact) mass is 155 g/mol. The first-order chi connectivity index (χ1) is 5.36. The Morgan fingerprint density at radius 2 is 1.73 bits per heavy atom. The van der Waals surface area contributed by atoms with Crippen LogP contribution >= 0.6 is 0 Å². The molecule has 0 saturated heterocycles. The van der Waals surface area contributed by atoms with E-state index in [1.54, 1.807) is 0 Å². The fourth-order valence-electron chi connectivity index (χ4n) is 1.59. The number of rotatable bonds is 6. The smallest absolute Gasteiger partial charge is 0.00708 e. The second kappa shape index (κ2) is 4.76. The minimum absolute atomic E-state index is 0.817. The molecule has 0 unspecified atom stereocenters. The second-order valence-electron chi connectivity index (χ2n) is 3.72. The highest BCUT2D eigenvalue weighted by Crippen LogP contribution is 2.21. The van der Waals surface area contributed by atoms with Crippen molar-refractivity contribution >= 4 is 0 Å². The summed E-state index contributed by atoms with van der Waals surface area (Å²) in [5.41, 5.74) is 0. The van der Waals surface area contributed by atoms with Gasteiger partial charge in [0.25, 0.3) is 0 Å². The molecule has 0 aliphatic heterocycles. The van der Waals surface area contributed by atoms with Crippen LogP contribution in [0.15, 0.2) is 0 Å². The second-order valence-corrected chi connectivity index (χ2v) is 3.72. The van der Waals surface area contributed by atoms with Gasteiger partial charge in [0.2, 0.25) is 0 Å². The van der Waals surface area contributed by atoms with E-state index in [9.17, 15) is 0 Å². The van der Waals surface area contributed by atoms with E-state index in [1.807, 2.05) is 0 Å². The van der Waals surface area contributed by atoms with Gasteiger partial charge in [-0.25, -0.2) is 0 Å². The fraction of sp³-hybridized carbons (Fsp3) is 1.00. The van der Waals surface area contributed by atoms with Crippen LogP contribution in [0, 0.1) is 0 Å². The molecule has 0 bridgehead atoms. The summed E-state index contributed by atoms with van der Waals surface area (Å²) < 4.78 is 0. The van der Waals surface area contributed by atoms with E-state index in [-0.39, 0.29) is 0 Å². The van der Waals surface area contributed by atoms with Gasteiger partial charge in [-0.05, 0) is 25.7 Å². The van der Waals surface area contributed by atoms with Crippen molar-refractivity contribution in [1.29, 1.82) is 0 Å². The molecule has 1 saturated carbocycles. The van der Waals surface area contributed by atoms with Gasteiger partial charge in [0, 0.05) is 12.1 Å². The fourth-order valence-corrected chi connectivity index (χ4v) is 1.59. The van der Waals surface area contributed by atoms with E-state index >= 15 is 0 Å². The topological polar surface area (TPSA) is 12.0 Å². The first-order valence-electron chi connectivity index (χ1n) is 5.12. The Kier molecular flexibility index (Phi) is 3.92. The third-order valence-electron chi connectivity index (χ3n) is 2.32. The maximum Gasteiger partial charge on any atom is 0.00708 e. The highest BCUT2D eigenvalue weighted by molar-refractivity contribution is 4.84. The molecule has 66 valence electrons. The highest BCUT2D eigenvalue weighted by atomic mass is 15.0. The van der Waals surface area contributed by atoms with Crippen LogP contribution in [0.25, 0.3) is 0 Å². The third kappa shape index (κ3) is 3.76. The quantitative estimate of drug-likeness (QED) is 0.622. The number of hydrogen-bond donors (Lipinski definition) is 1. The molecule has 1 rings (SSSR count). The zero-order valence-corrected chi connectivity index (χ0v) is 7.90. The molecule has 1 aliphatic carbocycles. The first-order valence-corrected chi connectivity index (χ1v) is 5.12. The van der Waals surface area contributed by atoms with Crippen LogP contribution < -0.4 is 5.32 Å². The van der Waals surface area contributed by atoms with Crippen molar-refractivity contribution in [2.75, 3.05) is 0 Å². The Labute approximate surface area is 70.6 Å². The lowest BCUT2D eigenvalue weighted by Gasteiger charge is -2.16. The van der Waals surface area contributed by atoms with Crippen LogP contribution in [-0.2, 0) is 0 Å². The van der Waals surface area contributed by atoms with Crippen LogP contribution in [0.4, 0.5) is 0 Å². The molecule has 0 aromatic heterocycles. The summed E-state index contributed by atoms with van der Waals surface area (Å²) in [5.74, 6) is 0. The largest absolute Gasteiger partial charge is 0.311 e. The van der Waals surface area contributed by atoms with E-state index in [1.165, 1.54) is 38.5 Å². The van der Waals surface area contributed by atoms with Gasteiger partial charge >= 0.3 is 0 Å². The van der Waals surface area contributed by atoms with Crippen LogP contribution in [0.3, 0.4) is 0 Å². The summed E-state index contributed by atoms with van der Waals surface area (Å²) >= 11 is 0. The van der Waals surface area contributed by atoms with Crippen molar-refractivity contribution in [3.63, 3.8) is 0 Å². The summed E-state index contributed by atoms with van der Waals surface area (Å²) in [7, 11) is 0. The highest BCUT2D eigenvalue weighted by Gasteiger charge is 2.23. The molecule has 1 nitrogen and oxygen atoms in total. The predicted molar refractivity (Wildman–Crippen MR) is 49.8 cm³/mol. The molecule has 1 heteroatoms. The summed E-state index contributed by atoms with van der Waals surface area (Å²) in [4.78, 5) is 0. The Morgan fingerprint density at radius 1 is 1.18 bits per heavy atom. The van der Waals surface area contributed by atoms with Gasteiger partial charge in [0.15, 0.2) is 0 Å². The molecule has 0 spiro atoms. The Balaban J connectivity index is 2.08. The lowest BCUT2D eigenvalue weighted by atomic mass is 10.1. The molecule has 0 aromatic rings. The number of hydrogen-bond acceptors (Lipinski definition) is 1. The third-order valence-corrected chi connectivity index (χ3v) is 2.32. The maximum absolute atomic E-state index is 3.69. The van der Waals surface area contributed by atoms with Gasteiger partial charge in [-0.1, -0.05) is 26.7 Å². The minimum atomic E-state index is 0.817. The van der Waals surface area contributed by atoms with Crippen molar-refractivity contribution in [3.05, 3.63) is 0 Å². The SMILES string of the molecule is CCCC(CCC)NC1CC1. The first kappa shape index (κ1) is 9.05. The molecule has 0 atom stereocenters. The van der Waals surface area contributed by atoms with E-state index in [0.717, 1.165) is 12.1 Å². The van der Waals surface area contributed by atoms with Gasteiger partial charge in [0.1, 0.15) is 0 Å². The standard InChI is InChI=1S/C10H21N/c1-3-5-9(6-4-2)11-10-7-8-10/h9-11H,3-8H2,1-2H3. The average Bonchev–Trinajstić information content (AvgIpc) is 2.73. The predicted octanol–water partition coefficient (Wildman–Crippen LogP) is 2.71. The van der Waals surface area contributed by atoms with E-state index in [0.29, 0.717) is 0 Å². The van der Waals surface area contributed by atoms with Gasteiger partial charge in [0.05, 0.1) is 0 Å². The average molecular weight is 155 g/mol. The summed E-state index contributed by atoms with van der Waals surface area (Å²) in [6.45, 7) is 4.55. The molecule has 1 aliphatic rings. The molecule has 11 heavy (non-hydrogen) atoms. The van der Waals surface area contributed by atoms with Gasteiger partial charge in [-0.3, -0.25) is 0 Å². The molecule has 0 aromatic carbocycles. The summed E-state index contributed by atoms with van der Waals surface area (Å²) in [6, 6.07) is 1.70. The van der Waals surface area contributed by atoms with Crippen LogP contribution in [-0.4, -0.2) is 12.1 Å². The summed E-state index contributed by atoms with van der Waals surface area (Å²) in [6.07, 6.45) is 8.22. The van der Waals surface area contributed by atoms with E-state index < -0.39 is 0 Å². The van der Waals surface area contributed by atoms with Crippen LogP contribution in [0.2, 0.25) is 0 Å². The number of nitrogens with one attached hydrogen (secondary N) is 1. The zero-order chi connectivity index (χ0) is 8.10. The Morgan fingerprint density at radius 3 is 2.09 bits per heavy atom. The Hall–Kier alpha value is -0.0400. The van der Waals surface area contributed by atoms with Crippen LogP contribution in [0.5, 0.6) is 0 Å². The molecule has 1 N–H and O–H groups in total. The zero-order valence-electron chi connectivity index (χ0n) is 7.90. The molecule has 0 amide bonds. The van der Waals surface area contributed by atoms with Crippen LogP contribution in [0.1, 0.15) is 52.4 Å². The summed E-state index contributed by atoms with van der Waals surface area (Å²) in [5, 5.41) is 3.69. The van der Waals surface area contributed by atoms with Gasteiger partial charge < -0.3 is 5.32 Å². The van der Waals surface area contributed by atoms with Crippen molar-refractivity contribution in [1.82, 2.24) is 5.32 Å². The minimum Gasteiger partial charge on any atom is -0.311 e. The van der Waals surface area contributed by atoms with Crippen molar-refractivity contribution < 1.29 is 0 Å². The maximum atomic E-state index is 3.69. The molecular weight excluding hydrogens is 134 g/mol. The lowest BCUT2D eigenvalue weighted by molar-refractivity contribution is 0.441. The van der Waals surface area contributed by atoms with Crippen molar-refractivity contribution in [2.45, 2.75) is 64.5 Å². The Bertz CT molecular complexity index is 91.0. The normalized spacial score (nSPS) is 17.7.